The second-order valence-electron chi connectivity index (χ2n) is 13.4. The first-order chi connectivity index (χ1) is 20.2. The SMILES string of the molecule is CC[C@H]1CCC[C@@H](O)[C@@H](C)C(=O)[C@@H]2C[C@@H]3[C@@H](C=C[C@@H]4C[C@@H](O[C@H]5O[C@@H](C)[C@@H](OC)[C@@H](OC)[C@H]5OC)C[C@@H]34)[C@@H]2CC(=O)O1. The molecule has 2 saturated carbocycles. The number of carbonyl (C=O) groups is 2. The molecule has 9 heteroatoms. The van der Waals surface area contributed by atoms with Gasteiger partial charge in [-0.2, -0.15) is 0 Å². The smallest absolute Gasteiger partial charge is 0.306 e. The van der Waals surface area contributed by atoms with Crippen LogP contribution in [-0.2, 0) is 38.0 Å². The lowest BCUT2D eigenvalue weighted by molar-refractivity contribution is -0.314. The van der Waals surface area contributed by atoms with E-state index >= 15 is 0 Å². The number of ether oxygens (including phenoxy) is 6. The third-order valence-corrected chi connectivity index (χ3v) is 11.2. The Kier molecular flexibility index (Phi) is 10.5. The summed E-state index contributed by atoms with van der Waals surface area (Å²) in [5.74, 6) is 0.229. The number of rotatable bonds is 6. The first-order valence-corrected chi connectivity index (χ1v) is 16.2. The molecule has 0 bridgehead atoms. The van der Waals surface area contributed by atoms with Crippen LogP contribution in [0.2, 0.25) is 0 Å². The number of cyclic esters (lactones) is 1. The fourth-order valence-electron chi connectivity index (χ4n) is 8.93. The number of Topliss-reactive ketones (excluding diaryl/α,β-unsaturated/α-hetero) is 1. The molecule has 5 rings (SSSR count). The van der Waals surface area contributed by atoms with Crippen LogP contribution in [0.5, 0.6) is 0 Å². The fourth-order valence-corrected chi connectivity index (χ4v) is 8.93. The van der Waals surface area contributed by atoms with Gasteiger partial charge >= 0.3 is 5.97 Å². The summed E-state index contributed by atoms with van der Waals surface area (Å²) >= 11 is 0. The molecule has 0 amide bonds. The lowest BCUT2D eigenvalue weighted by atomic mass is 9.71. The highest BCUT2D eigenvalue weighted by atomic mass is 16.7. The molecule has 15 atom stereocenters. The van der Waals surface area contributed by atoms with Gasteiger partial charge in [0.15, 0.2) is 6.29 Å². The van der Waals surface area contributed by atoms with Gasteiger partial charge in [0.2, 0.25) is 0 Å². The van der Waals surface area contributed by atoms with Crippen molar-refractivity contribution in [3.63, 3.8) is 0 Å². The summed E-state index contributed by atoms with van der Waals surface area (Å²) in [7, 11) is 4.95. The van der Waals surface area contributed by atoms with Gasteiger partial charge < -0.3 is 33.5 Å². The van der Waals surface area contributed by atoms with Crippen LogP contribution >= 0.6 is 0 Å². The Morgan fingerprint density at radius 1 is 0.905 bits per heavy atom. The van der Waals surface area contributed by atoms with Crippen LogP contribution in [0.1, 0.15) is 72.1 Å². The number of hydrogen-bond donors (Lipinski definition) is 1. The quantitative estimate of drug-likeness (QED) is 0.360. The van der Waals surface area contributed by atoms with E-state index in [1.165, 1.54) is 0 Å². The van der Waals surface area contributed by atoms with E-state index in [9.17, 15) is 14.7 Å². The highest BCUT2D eigenvalue weighted by Crippen LogP contribution is 2.57. The number of fused-ring (bicyclic) bond motifs is 5. The molecule has 0 spiro atoms. The van der Waals surface area contributed by atoms with E-state index in [0.29, 0.717) is 18.3 Å². The predicted molar refractivity (Wildman–Crippen MR) is 154 cm³/mol. The van der Waals surface area contributed by atoms with E-state index in [-0.39, 0.29) is 72.4 Å². The number of hydrogen-bond acceptors (Lipinski definition) is 9. The van der Waals surface area contributed by atoms with Gasteiger partial charge in [0.1, 0.15) is 30.2 Å². The number of methoxy groups -OCH3 is 3. The van der Waals surface area contributed by atoms with Gasteiger partial charge in [0.05, 0.1) is 18.3 Å². The van der Waals surface area contributed by atoms with Crippen LogP contribution in [0, 0.1) is 41.4 Å². The van der Waals surface area contributed by atoms with Crippen LogP contribution in [0.4, 0.5) is 0 Å². The molecule has 4 fully saturated rings. The number of aliphatic hydroxyl groups is 1. The zero-order valence-corrected chi connectivity index (χ0v) is 26.2. The normalized spacial score (nSPS) is 48.0. The summed E-state index contributed by atoms with van der Waals surface area (Å²) in [5, 5.41) is 10.9. The predicted octanol–water partition coefficient (Wildman–Crippen LogP) is 4.09. The van der Waals surface area contributed by atoms with Crippen molar-refractivity contribution < 1.29 is 43.1 Å². The Labute approximate surface area is 250 Å². The second kappa shape index (κ2) is 13.7. The minimum Gasteiger partial charge on any atom is -0.462 e. The van der Waals surface area contributed by atoms with Gasteiger partial charge in [-0.25, -0.2) is 0 Å². The summed E-state index contributed by atoms with van der Waals surface area (Å²) in [6.45, 7) is 5.86. The van der Waals surface area contributed by atoms with Crippen molar-refractivity contribution in [2.24, 2.45) is 41.4 Å². The third-order valence-electron chi connectivity index (χ3n) is 11.2. The minimum absolute atomic E-state index is 0.0202. The van der Waals surface area contributed by atoms with E-state index < -0.39 is 24.4 Å². The van der Waals surface area contributed by atoms with Gasteiger partial charge in [-0.3, -0.25) is 9.59 Å². The molecular formula is C33H52O9. The van der Waals surface area contributed by atoms with E-state index in [1.54, 1.807) is 21.3 Å². The molecular weight excluding hydrogens is 540 g/mol. The number of esters is 1. The standard InChI is InChI=1S/C33H52O9/c1-7-20-9-8-10-27(34)17(2)29(36)26-15-24-22(25(26)16-28(35)41-20)12-11-19-13-21(14-23(19)24)42-33-32(39-6)31(38-5)30(37-4)18(3)40-33/h11-12,17-27,30-34H,7-10,13-16H2,1-6H3/t17-,18+,19-,20+,21-,22-,23-,24-,25+,26-,27-,30-,31-,32-,33-/m1/s1. The maximum atomic E-state index is 13.8. The lowest BCUT2D eigenvalue weighted by Crippen LogP contribution is -2.59. The molecule has 0 radical (unpaired) electrons. The Morgan fingerprint density at radius 3 is 2.33 bits per heavy atom. The summed E-state index contributed by atoms with van der Waals surface area (Å²) in [6, 6.07) is 0. The molecule has 3 aliphatic carbocycles. The maximum Gasteiger partial charge on any atom is 0.306 e. The first kappa shape index (κ1) is 32.0. The van der Waals surface area contributed by atoms with Crippen molar-refractivity contribution in [2.75, 3.05) is 21.3 Å². The van der Waals surface area contributed by atoms with Gasteiger partial charge in [0.25, 0.3) is 0 Å². The zero-order chi connectivity index (χ0) is 30.1. The van der Waals surface area contributed by atoms with E-state index in [2.05, 4.69) is 12.2 Å². The molecule has 1 N–H and O–H groups in total. The molecule has 2 heterocycles. The zero-order valence-electron chi connectivity index (χ0n) is 26.2. The molecule has 9 nitrogen and oxygen atoms in total. The molecule has 0 aromatic heterocycles. The van der Waals surface area contributed by atoms with E-state index in [4.69, 9.17) is 28.4 Å². The van der Waals surface area contributed by atoms with Gasteiger partial charge in [0, 0.05) is 39.6 Å². The molecule has 238 valence electrons. The number of allylic oxidation sites excluding steroid dienone is 2. The van der Waals surface area contributed by atoms with Crippen LogP contribution in [0.15, 0.2) is 12.2 Å². The molecule has 0 unspecified atom stereocenters. The van der Waals surface area contributed by atoms with Crippen molar-refractivity contribution in [1.82, 2.24) is 0 Å². The highest BCUT2D eigenvalue weighted by molar-refractivity contribution is 5.85. The number of carbonyl (C=O) groups excluding carboxylic acids is 2. The molecule has 5 aliphatic rings. The molecule has 0 aromatic carbocycles. The van der Waals surface area contributed by atoms with Crippen molar-refractivity contribution in [3.8, 4) is 0 Å². The van der Waals surface area contributed by atoms with Crippen molar-refractivity contribution in [1.29, 1.82) is 0 Å². The Balaban J connectivity index is 1.32. The minimum atomic E-state index is -0.666. The second-order valence-corrected chi connectivity index (χ2v) is 13.4. The molecule has 42 heavy (non-hydrogen) atoms. The Bertz CT molecular complexity index is 969. The average Bonchev–Trinajstić information content (AvgIpc) is 3.55. The summed E-state index contributed by atoms with van der Waals surface area (Å²) in [4.78, 5) is 27.0. The first-order valence-electron chi connectivity index (χ1n) is 16.2. The van der Waals surface area contributed by atoms with Crippen molar-refractivity contribution in [2.45, 2.75) is 121 Å². The molecule has 0 aromatic rings. The van der Waals surface area contributed by atoms with Crippen LogP contribution in [-0.4, -0.2) is 87.2 Å². The van der Waals surface area contributed by atoms with Gasteiger partial charge in [-0.15, -0.1) is 0 Å². The number of ketones is 1. The van der Waals surface area contributed by atoms with Crippen LogP contribution in [0.3, 0.4) is 0 Å². The largest absolute Gasteiger partial charge is 0.462 e. The monoisotopic (exact) mass is 592 g/mol. The molecule has 2 aliphatic heterocycles. The fraction of sp³-hybridized carbons (Fsp3) is 0.879. The van der Waals surface area contributed by atoms with Crippen LogP contribution in [0.25, 0.3) is 0 Å². The van der Waals surface area contributed by atoms with Crippen molar-refractivity contribution in [3.05, 3.63) is 12.2 Å². The third kappa shape index (κ3) is 6.24. The average molecular weight is 593 g/mol. The maximum absolute atomic E-state index is 13.8. The number of aliphatic hydroxyl groups excluding tert-OH is 1. The Hall–Kier alpha value is -1.36. The van der Waals surface area contributed by atoms with E-state index in [1.807, 2.05) is 20.8 Å². The summed E-state index contributed by atoms with van der Waals surface area (Å²) < 4.78 is 36.0. The highest BCUT2D eigenvalue weighted by Gasteiger charge is 2.55. The summed E-state index contributed by atoms with van der Waals surface area (Å²) in [6.07, 6.45) is 7.45. The molecule has 2 saturated heterocycles. The van der Waals surface area contributed by atoms with Gasteiger partial charge in [-0.1, -0.05) is 26.0 Å². The van der Waals surface area contributed by atoms with Gasteiger partial charge in [-0.05, 0) is 81.5 Å². The Morgan fingerprint density at radius 2 is 1.64 bits per heavy atom. The van der Waals surface area contributed by atoms with Crippen LogP contribution < -0.4 is 0 Å². The van der Waals surface area contributed by atoms with E-state index in [0.717, 1.165) is 38.5 Å². The lowest BCUT2D eigenvalue weighted by Gasteiger charge is -2.44. The van der Waals surface area contributed by atoms with Crippen molar-refractivity contribution >= 4 is 11.8 Å². The topological polar surface area (TPSA) is 110 Å². The summed E-state index contributed by atoms with van der Waals surface area (Å²) in [5.41, 5.74) is 0.